The standard InChI is InChI=1S/C25H24N4O2/c30-25(29-14-12-28(13-15-29)18-21-8-4-5-11-26-21)20-9-10-23-22(17-20)27-24(31-23)16-19-6-2-1-3-7-19/h1-11,17H,12-16,18H2. The van der Waals surface area contributed by atoms with E-state index in [9.17, 15) is 4.79 Å². The molecule has 1 aliphatic rings. The number of rotatable bonds is 5. The molecule has 2 aromatic carbocycles. The molecule has 0 N–H and O–H groups in total. The molecular weight excluding hydrogens is 388 g/mol. The Balaban J connectivity index is 1.23. The van der Waals surface area contributed by atoms with Gasteiger partial charge in [-0.2, -0.15) is 0 Å². The molecule has 4 aromatic rings. The Kier molecular flexibility index (Phi) is 5.46. The Bertz CT molecular complexity index is 1170. The number of carbonyl (C=O) groups is 1. The first kappa shape index (κ1) is 19.5. The third kappa shape index (κ3) is 4.49. The number of amides is 1. The van der Waals surface area contributed by atoms with Gasteiger partial charge in [-0.15, -0.1) is 0 Å². The van der Waals surface area contributed by atoms with Crippen LogP contribution in [0.5, 0.6) is 0 Å². The summed E-state index contributed by atoms with van der Waals surface area (Å²) in [6.45, 7) is 3.92. The molecule has 0 spiro atoms. The van der Waals surface area contributed by atoms with Gasteiger partial charge in [-0.1, -0.05) is 36.4 Å². The van der Waals surface area contributed by atoms with Crippen LogP contribution in [-0.4, -0.2) is 51.9 Å². The number of hydrogen-bond donors (Lipinski definition) is 0. The number of carbonyl (C=O) groups excluding carboxylic acids is 1. The van der Waals surface area contributed by atoms with Crippen LogP contribution in [-0.2, 0) is 13.0 Å². The maximum atomic E-state index is 13.0. The molecule has 0 atom stereocenters. The van der Waals surface area contributed by atoms with E-state index < -0.39 is 0 Å². The van der Waals surface area contributed by atoms with Crippen molar-refractivity contribution in [3.05, 3.63) is 95.6 Å². The summed E-state index contributed by atoms with van der Waals surface area (Å²) >= 11 is 0. The van der Waals surface area contributed by atoms with Crippen LogP contribution in [0.25, 0.3) is 11.1 Å². The van der Waals surface area contributed by atoms with Crippen molar-refractivity contribution in [2.24, 2.45) is 0 Å². The normalized spacial score (nSPS) is 14.8. The van der Waals surface area contributed by atoms with E-state index in [0.717, 1.165) is 36.4 Å². The van der Waals surface area contributed by atoms with Gasteiger partial charge in [-0.05, 0) is 35.9 Å². The van der Waals surface area contributed by atoms with Crippen LogP contribution in [0.15, 0.2) is 77.3 Å². The largest absolute Gasteiger partial charge is 0.440 e. The molecule has 31 heavy (non-hydrogen) atoms. The maximum absolute atomic E-state index is 13.0. The third-order valence-corrected chi connectivity index (χ3v) is 5.65. The van der Waals surface area contributed by atoms with E-state index >= 15 is 0 Å². The van der Waals surface area contributed by atoms with Crippen molar-refractivity contribution in [2.75, 3.05) is 26.2 Å². The number of nitrogens with zero attached hydrogens (tertiary/aromatic N) is 4. The van der Waals surface area contributed by atoms with E-state index in [4.69, 9.17) is 4.42 Å². The van der Waals surface area contributed by atoms with Crippen LogP contribution in [0, 0.1) is 0 Å². The van der Waals surface area contributed by atoms with Gasteiger partial charge in [0.15, 0.2) is 11.5 Å². The summed E-state index contributed by atoms with van der Waals surface area (Å²) in [5, 5.41) is 0. The molecule has 0 saturated carbocycles. The molecule has 1 saturated heterocycles. The number of piperazine rings is 1. The SMILES string of the molecule is O=C(c1ccc2oc(Cc3ccccc3)nc2c1)N1CCN(Cc2ccccn2)CC1. The van der Waals surface area contributed by atoms with Crippen molar-refractivity contribution in [1.82, 2.24) is 19.8 Å². The van der Waals surface area contributed by atoms with Gasteiger partial charge in [0.25, 0.3) is 5.91 Å². The van der Waals surface area contributed by atoms with Gasteiger partial charge < -0.3 is 9.32 Å². The zero-order valence-electron chi connectivity index (χ0n) is 17.3. The molecule has 0 unspecified atom stereocenters. The lowest BCUT2D eigenvalue weighted by Gasteiger charge is -2.34. The molecule has 3 heterocycles. The summed E-state index contributed by atoms with van der Waals surface area (Å²) in [6.07, 6.45) is 2.46. The Hall–Kier alpha value is -3.51. The van der Waals surface area contributed by atoms with Crippen LogP contribution in [0.1, 0.15) is 27.5 Å². The molecule has 6 nitrogen and oxygen atoms in total. The van der Waals surface area contributed by atoms with E-state index in [0.29, 0.717) is 36.5 Å². The van der Waals surface area contributed by atoms with Crippen molar-refractivity contribution >= 4 is 17.0 Å². The number of aromatic nitrogens is 2. The van der Waals surface area contributed by atoms with Crippen LogP contribution >= 0.6 is 0 Å². The Morgan fingerprint density at radius 3 is 2.52 bits per heavy atom. The molecule has 5 rings (SSSR count). The van der Waals surface area contributed by atoms with E-state index in [-0.39, 0.29) is 5.91 Å². The lowest BCUT2D eigenvalue weighted by molar-refractivity contribution is 0.0627. The quantitative estimate of drug-likeness (QED) is 0.499. The number of hydrogen-bond acceptors (Lipinski definition) is 5. The Labute approximate surface area is 181 Å². The number of oxazole rings is 1. The number of pyridine rings is 1. The fraction of sp³-hybridized carbons (Fsp3) is 0.240. The van der Waals surface area contributed by atoms with Crippen LogP contribution in [0.2, 0.25) is 0 Å². The lowest BCUT2D eigenvalue weighted by Crippen LogP contribution is -2.48. The summed E-state index contributed by atoms with van der Waals surface area (Å²) in [4.78, 5) is 26.3. The first-order valence-corrected chi connectivity index (χ1v) is 10.6. The van der Waals surface area contributed by atoms with Gasteiger partial charge >= 0.3 is 0 Å². The Morgan fingerprint density at radius 2 is 1.74 bits per heavy atom. The summed E-state index contributed by atoms with van der Waals surface area (Å²) in [5.41, 5.74) is 4.30. The van der Waals surface area contributed by atoms with Gasteiger partial charge in [0, 0.05) is 50.9 Å². The monoisotopic (exact) mass is 412 g/mol. The predicted molar refractivity (Wildman–Crippen MR) is 119 cm³/mol. The third-order valence-electron chi connectivity index (χ3n) is 5.65. The first-order chi connectivity index (χ1) is 15.2. The molecule has 156 valence electrons. The summed E-state index contributed by atoms with van der Waals surface area (Å²) < 4.78 is 5.87. The van der Waals surface area contributed by atoms with Gasteiger partial charge in [0.2, 0.25) is 0 Å². The maximum Gasteiger partial charge on any atom is 0.254 e. The zero-order chi connectivity index (χ0) is 21.0. The average molecular weight is 412 g/mol. The molecular formula is C25H24N4O2. The van der Waals surface area contributed by atoms with Crippen molar-refractivity contribution in [1.29, 1.82) is 0 Å². The Morgan fingerprint density at radius 1 is 0.935 bits per heavy atom. The molecule has 1 fully saturated rings. The number of benzene rings is 2. The molecule has 1 aliphatic heterocycles. The van der Waals surface area contributed by atoms with Crippen molar-refractivity contribution in [2.45, 2.75) is 13.0 Å². The minimum Gasteiger partial charge on any atom is -0.440 e. The van der Waals surface area contributed by atoms with Gasteiger partial charge in [0.05, 0.1) is 5.69 Å². The van der Waals surface area contributed by atoms with E-state index in [2.05, 4.69) is 27.0 Å². The lowest BCUT2D eigenvalue weighted by atomic mass is 10.1. The van der Waals surface area contributed by atoms with Crippen LogP contribution < -0.4 is 0 Å². The fourth-order valence-corrected chi connectivity index (χ4v) is 3.97. The second kappa shape index (κ2) is 8.70. The zero-order valence-corrected chi connectivity index (χ0v) is 17.3. The summed E-state index contributed by atoms with van der Waals surface area (Å²) in [6, 6.07) is 21.6. The molecule has 2 aromatic heterocycles. The van der Waals surface area contributed by atoms with Gasteiger partial charge in [-0.25, -0.2) is 4.98 Å². The fourth-order valence-electron chi connectivity index (χ4n) is 3.97. The van der Waals surface area contributed by atoms with Crippen LogP contribution in [0.3, 0.4) is 0 Å². The highest BCUT2D eigenvalue weighted by Crippen LogP contribution is 2.21. The minimum absolute atomic E-state index is 0.0481. The van der Waals surface area contributed by atoms with E-state index in [1.165, 1.54) is 0 Å². The second-order valence-electron chi connectivity index (χ2n) is 7.84. The highest BCUT2D eigenvalue weighted by Gasteiger charge is 2.23. The van der Waals surface area contributed by atoms with Crippen molar-refractivity contribution in [3.63, 3.8) is 0 Å². The second-order valence-corrected chi connectivity index (χ2v) is 7.84. The molecule has 0 radical (unpaired) electrons. The predicted octanol–water partition coefficient (Wildman–Crippen LogP) is 3.77. The molecule has 1 amide bonds. The average Bonchev–Trinajstić information content (AvgIpc) is 3.22. The highest BCUT2D eigenvalue weighted by atomic mass is 16.3. The highest BCUT2D eigenvalue weighted by molar-refractivity contribution is 5.97. The van der Waals surface area contributed by atoms with Crippen LogP contribution in [0.4, 0.5) is 0 Å². The van der Waals surface area contributed by atoms with Gasteiger partial charge in [0.1, 0.15) is 5.52 Å². The minimum atomic E-state index is 0.0481. The van der Waals surface area contributed by atoms with E-state index in [1.807, 2.05) is 65.7 Å². The van der Waals surface area contributed by atoms with Crippen molar-refractivity contribution in [3.8, 4) is 0 Å². The molecule has 0 bridgehead atoms. The van der Waals surface area contributed by atoms with E-state index in [1.54, 1.807) is 0 Å². The topological polar surface area (TPSA) is 62.5 Å². The summed E-state index contributed by atoms with van der Waals surface area (Å²) in [7, 11) is 0. The van der Waals surface area contributed by atoms with Crippen molar-refractivity contribution < 1.29 is 9.21 Å². The molecule has 0 aliphatic carbocycles. The smallest absolute Gasteiger partial charge is 0.254 e. The molecule has 6 heteroatoms. The first-order valence-electron chi connectivity index (χ1n) is 10.6. The van der Waals surface area contributed by atoms with Gasteiger partial charge in [-0.3, -0.25) is 14.7 Å². The summed E-state index contributed by atoms with van der Waals surface area (Å²) in [5.74, 6) is 0.709. The number of fused-ring (bicyclic) bond motifs is 1.